The first-order valence-electron chi connectivity index (χ1n) is 5.09. The third-order valence-electron chi connectivity index (χ3n) is 2.25. The summed E-state index contributed by atoms with van der Waals surface area (Å²) in [5.41, 5.74) is 0.258. The van der Waals surface area contributed by atoms with Crippen molar-refractivity contribution in [2.45, 2.75) is 0 Å². The van der Waals surface area contributed by atoms with Crippen molar-refractivity contribution < 1.29 is 19.9 Å². The van der Waals surface area contributed by atoms with Gasteiger partial charge in [0.05, 0.1) is 0 Å². The molecule has 86 valence electrons. The van der Waals surface area contributed by atoms with Crippen LogP contribution in [0.5, 0.6) is 17.2 Å². The number of phenols is 1. The second kappa shape index (κ2) is 4.90. The molecule has 3 N–H and O–H groups in total. The smallest absolute Gasteiger partial charge is 0.488 e. The lowest BCUT2D eigenvalue weighted by Crippen LogP contribution is -2.29. The van der Waals surface area contributed by atoms with Crippen LogP contribution < -0.4 is 10.2 Å². The molecule has 4 nitrogen and oxygen atoms in total. The highest BCUT2D eigenvalue weighted by Gasteiger charge is 2.14. The molecule has 2 aromatic rings. The van der Waals surface area contributed by atoms with E-state index in [2.05, 4.69) is 0 Å². The van der Waals surface area contributed by atoms with Gasteiger partial charge in [-0.3, -0.25) is 0 Å². The highest BCUT2D eigenvalue weighted by atomic mass is 16.5. The molecule has 0 aliphatic carbocycles. The Morgan fingerprint density at radius 1 is 0.941 bits per heavy atom. The molecule has 0 aliphatic rings. The number of aromatic hydroxyl groups is 1. The van der Waals surface area contributed by atoms with Crippen LogP contribution in [-0.4, -0.2) is 22.3 Å². The zero-order chi connectivity index (χ0) is 12.3. The van der Waals surface area contributed by atoms with Crippen molar-refractivity contribution in [2.75, 3.05) is 0 Å². The van der Waals surface area contributed by atoms with Crippen LogP contribution in [0.3, 0.4) is 0 Å². The second-order valence-electron chi connectivity index (χ2n) is 3.52. The van der Waals surface area contributed by atoms with E-state index in [1.54, 1.807) is 24.3 Å². The summed E-state index contributed by atoms with van der Waals surface area (Å²) in [6.07, 6.45) is 0. The lowest BCUT2D eigenvalue weighted by Gasteiger charge is -2.09. The molecule has 0 aromatic heterocycles. The van der Waals surface area contributed by atoms with Crippen molar-refractivity contribution in [3.8, 4) is 17.2 Å². The van der Waals surface area contributed by atoms with Gasteiger partial charge in [0.2, 0.25) is 0 Å². The molecule has 0 fully saturated rings. The molecule has 0 amide bonds. The van der Waals surface area contributed by atoms with Gasteiger partial charge >= 0.3 is 7.12 Å². The first-order valence-corrected chi connectivity index (χ1v) is 5.09. The van der Waals surface area contributed by atoms with E-state index in [1.165, 1.54) is 18.2 Å². The molecule has 17 heavy (non-hydrogen) atoms. The topological polar surface area (TPSA) is 69.9 Å². The van der Waals surface area contributed by atoms with Crippen molar-refractivity contribution in [3.63, 3.8) is 0 Å². The lowest BCUT2D eigenvalue weighted by molar-refractivity contribution is 0.409. The van der Waals surface area contributed by atoms with E-state index in [0.717, 1.165) is 0 Å². The SMILES string of the molecule is OB(O)c1ccc(O)c(Oc2ccccc2)c1. The van der Waals surface area contributed by atoms with E-state index >= 15 is 0 Å². The van der Waals surface area contributed by atoms with Crippen molar-refractivity contribution in [3.05, 3.63) is 48.5 Å². The van der Waals surface area contributed by atoms with Gasteiger partial charge in [0.1, 0.15) is 5.75 Å². The zero-order valence-electron chi connectivity index (χ0n) is 8.95. The van der Waals surface area contributed by atoms with E-state index < -0.39 is 7.12 Å². The van der Waals surface area contributed by atoms with Crippen LogP contribution in [0.15, 0.2) is 48.5 Å². The minimum Gasteiger partial charge on any atom is -0.504 e. The maximum atomic E-state index is 9.59. The molecule has 0 aliphatic heterocycles. The van der Waals surface area contributed by atoms with Gasteiger partial charge in [0.15, 0.2) is 11.5 Å². The predicted octanol–water partition coefficient (Wildman–Crippen LogP) is 0.864. The van der Waals surface area contributed by atoms with Gasteiger partial charge in [0.25, 0.3) is 0 Å². The Kier molecular flexibility index (Phi) is 3.32. The minimum atomic E-state index is -1.59. The zero-order valence-corrected chi connectivity index (χ0v) is 8.95. The number of hydrogen-bond donors (Lipinski definition) is 3. The number of ether oxygens (including phenoxy) is 1. The molecule has 0 unspecified atom stereocenters. The Labute approximate surface area is 98.9 Å². The number of benzene rings is 2. The first kappa shape index (κ1) is 11.5. The fraction of sp³-hybridized carbons (Fsp3) is 0. The van der Waals surface area contributed by atoms with E-state index in [1.807, 2.05) is 6.07 Å². The Morgan fingerprint density at radius 2 is 1.65 bits per heavy atom. The van der Waals surface area contributed by atoms with E-state index in [0.29, 0.717) is 5.75 Å². The summed E-state index contributed by atoms with van der Waals surface area (Å²) in [4.78, 5) is 0. The average Bonchev–Trinajstić information content (AvgIpc) is 2.33. The van der Waals surface area contributed by atoms with Gasteiger partial charge < -0.3 is 19.9 Å². The van der Waals surface area contributed by atoms with Crippen LogP contribution in [0.4, 0.5) is 0 Å². The molecule has 0 atom stereocenters. The van der Waals surface area contributed by atoms with Gasteiger partial charge in [-0.1, -0.05) is 24.3 Å². The number of phenolic OH excluding ortho intramolecular Hbond substituents is 1. The minimum absolute atomic E-state index is 0.0572. The van der Waals surface area contributed by atoms with E-state index in [-0.39, 0.29) is 17.0 Å². The maximum absolute atomic E-state index is 9.59. The summed E-state index contributed by atoms with van der Waals surface area (Å²) in [6, 6.07) is 13.1. The summed E-state index contributed by atoms with van der Waals surface area (Å²) >= 11 is 0. The summed E-state index contributed by atoms with van der Waals surface area (Å²) in [6.45, 7) is 0. The number of para-hydroxylation sites is 1. The second-order valence-corrected chi connectivity index (χ2v) is 3.52. The summed E-state index contributed by atoms with van der Waals surface area (Å²) < 4.78 is 5.43. The molecule has 0 saturated heterocycles. The molecule has 5 heteroatoms. The fourth-order valence-corrected chi connectivity index (χ4v) is 1.39. The van der Waals surface area contributed by atoms with Crippen LogP contribution in [0.1, 0.15) is 0 Å². The Morgan fingerprint density at radius 3 is 2.29 bits per heavy atom. The third kappa shape index (κ3) is 2.78. The van der Waals surface area contributed by atoms with Crippen LogP contribution in [-0.2, 0) is 0 Å². The summed E-state index contributed by atoms with van der Waals surface area (Å²) in [5, 5.41) is 27.6. The largest absolute Gasteiger partial charge is 0.504 e. The normalized spacial score (nSPS) is 10.0. The molecular weight excluding hydrogens is 219 g/mol. The molecular formula is C12H11BO4. The first-order chi connectivity index (χ1) is 8.16. The average molecular weight is 230 g/mol. The molecule has 2 aromatic carbocycles. The monoisotopic (exact) mass is 230 g/mol. The highest BCUT2D eigenvalue weighted by molar-refractivity contribution is 6.58. The fourth-order valence-electron chi connectivity index (χ4n) is 1.39. The maximum Gasteiger partial charge on any atom is 0.488 e. The van der Waals surface area contributed by atoms with Crippen LogP contribution in [0, 0.1) is 0 Å². The van der Waals surface area contributed by atoms with Gasteiger partial charge in [0, 0.05) is 0 Å². The lowest BCUT2D eigenvalue weighted by atomic mass is 9.80. The Balaban J connectivity index is 2.29. The molecule has 0 radical (unpaired) electrons. The van der Waals surface area contributed by atoms with Crippen molar-refractivity contribution in [1.29, 1.82) is 0 Å². The van der Waals surface area contributed by atoms with Crippen LogP contribution >= 0.6 is 0 Å². The molecule has 0 heterocycles. The Bertz CT molecular complexity index is 499. The van der Waals surface area contributed by atoms with Gasteiger partial charge in [-0.25, -0.2) is 0 Å². The van der Waals surface area contributed by atoms with Gasteiger partial charge in [-0.15, -0.1) is 0 Å². The van der Waals surface area contributed by atoms with Crippen molar-refractivity contribution >= 4 is 12.6 Å². The van der Waals surface area contributed by atoms with Crippen molar-refractivity contribution in [2.24, 2.45) is 0 Å². The summed E-state index contributed by atoms with van der Waals surface area (Å²) in [7, 11) is -1.59. The number of rotatable bonds is 3. The quantitative estimate of drug-likeness (QED) is 0.684. The molecule has 0 spiro atoms. The highest BCUT2D eigenvalue weighted by Crippen LogP contribution is 2.28. The van der Waals surface area contributed by atoms with Gasteiger partial charge in [-0.2, -0.15) is 0 Å². The molecule has 0 saturated carbocycles. The van der Waals surface area contributed by atoms with Crippen LogP contribution in [0.2, 0.25) is 0 Å². The van der Waals surface area contributed by atoms with Crippen molar-refractivity contribution in [1.82, 2.24) is 0 Å². The third-order valence-corrected chi connectivity index (χ3v) is 2.25. The standard InChI is InChI=1S/C12H11BO4/c14-11-7-6-9(13(15)16)8-12(11)17-10-4-2-1-3-5-10/h1-8,14-16H. The summed E-state index contributed by atoms with van der Waals surface area (Å²) in [5.74, 6) is 0.687. The van der Waals surface area contributed by atoms with Gasteiger partial charge in [-0.05, 0) is 29.7 Å². The van der Waals surface area contributed by atoms with E-state index in [4.69, 9.17) is 14.8 Å². The predicted molar refractivity (Wildman–Crippen MR) is 64.4 cm³/mol. The molecule has 2 rings (SSSR count). The number of hydrogen-bond acceptors (Lipinski definition) is 4. The Hall–Kier alpha value is -1.98. The van der Waals surface area contributed by atoms with Crippen LogP contribution in [0.25, 0.3) is 0 Å². The molecule has 0 bridgehead atoms. The van der Waals surface area contributed by atoms with E-state index in [9.17, 15) is 5.11 Å².